The summed E-state index contributed by atoms with van der Waals surface area (Å²) in [6.45, 7) is 3.04. The van der Waals surface area contributed by atoms with Crippen molar-refractivity contribution < 1.29 is 4.42 Å². The number of nitrogens with zero attached hydrogens (tertiary/aromatic N) is 2. The zero-order valence-electron chi connectivity index (χ0n) is 8.81. The summed E-state index contributed by atoms with van der Waals surface area (Å²) in [6, 6.07) is 1.86. The van der Waals surface area contributed by atoms with E-state index in [1.165, 1.54) is 11.7 Å². The summed E-state index contributed by atoms with van der Waals surface area (Å²) in [7, 11) is 0. The van der Waals surface area contributed by atoms with Gasteiger partial charge in [0.05, 0.1) is 34.4 Å². The van der Waals surface area contributed by atoms with Gasteiger partial charge >= 0.3 is 0 Å². The molecular formula is C10H12BrN3OS. The van der Waals surface area contributed by atoms with Gasteiger partial charge in [0, 0.05) is 0 Å². The third kappa shape index (κ3) is 2.50. The van der Waals surface area contributed by atoms with Crippen LogP contribution in [0.25, 0.3) is 0 Å². The van der Waals surface area contributed by atoms with E-state index in [9.17, 15) is 0 Å². The summed E-state index contributed by atoms with van der Waals surface area (Å²) in [6.07, 6.45) is 4.50. The average molecular weight is 302 g/mol. The van der Waals surface area contributed by atoms with Crippen LogP contribution >= 0.6 is 27.7 Å². The molecule has 1 unspecified atom stereocenters. The summed E-state index contributed by atoms with van der Waals surface area (Å²) in [5.41, 5.74) is 0.897. The lowest BCUT2D eigenvalue weighted by atomic mass is 10.1. The zero-order chi connectivity index (χ0) is 11.4. The third-order valence-corrected chi connectivity index (χ3v) is 3.33. The molecule has 0 aromatic carbocycles. The van der Waals surface area contributed by atoms with Gasteiger partial charge in [0.1, 0.15) is 11.8 Å². The highest BCUT2D eigenvalue weighted by Gasteiger charge is 2.21. The molecule has 0 amide bonds. The summed E-state index contributed by atoms with van der Waals surface area (Å²) >= 11 is 4.67. The van der Waals surface area contributed by atoms with Gasteiger partial charge in [-0.3, -0.25) is 0 Å². The van der Waals surface area contributed by atoms with Crippen molar-refractivity contribution in [3.8, 4) is 0 Å². The number of aromatic nitrogens is 2. The molecule has 2 heterocycles. The standard InChI is InChI=1S/C10H12BrN3OS/c1-2-4-12-9(8-6-13-16-14-8)10-7(11)3-5-15-10/h3,5-6,9,12H,2,4H2,1H3. The smallest absolute Gasteiger partial charge is 0.141 e. The van der Waals surface area contributed by atoms with Crippen LogP contribution in [0.15, 0.2) is 27.4 Å². The zero-order valence-corrected chi connectivity index (χ0v) is 11.2. The summed E-state index contributed by atoms with van der Waals surface area (Å²) in [5, 5.41) is 3.40. The molecule has 86 valence electrons. The highest BCUT2D eigenvalue weighted by atomic mass is 79.9. The molecule has 2 aromatic rings. The van der Waals surface area contributed by atoms with E-state index in [4.69, 9.17) is 4.42 Å². The van der Waals surface area contributed by atoms with Crippen LogP contribution in [0.3, 0.4) is 0 Å². The van der Waals surface area contributed by atoms with Gasteiger partial charge in [-0.25, -0.2) is 0 Å². The van der Waals surface area contributed by atoms with E-state index in [2.05, 4.69) is 36.9 Å². The van der Waals surface area contributed by atoms with Gasteiger partial charge in [-0.15, -0.1) is 0 Å². The molecule has 0 fully saturated rings. The van der Waals surface area contributed by atoms with Gasteiger partial charge in [0.2, 0.25) is 0 Å². The molecule has 0 radical (unpaired) electrons. The first-order valence-corrected chi connectivity index (χ1v) is 6.59. The van der Waals surface area contributed by atoms with Crippen molar-refractivity contribution in [2.24, 2.45) is 0 Å². The quantitative estimate of drug-likeness (QED) is 0.922. The van der Waals surface area contributed by atoms with Gasteiger partial charge in [0.15, 0.2) is 0 Å². The van der Waals surface area contributed by atoms with E-state index >= 15 is 0 Å². The minimum atomic E-state index is -0.0249. The van der Waals surface area contributed by atoms with Gasteiger partial charge in [-0.05, 0) is 35.0 Å². The van der Waals surface area contributed by atoms with Crippen molar-refractivity contribution in [2.45, 2.75) is 19.4 Å². The molecular weight excluding hydrogens is 290 g/mol. The average Bonchev–Trinajstić information content (AvgIpc) is 2.91. The molecule has 0 aliphatic carbocycles. The number of nitrogens with one attached hydrogen (secondary N) is 1. The van der Waals surface area contributed by atoms with Crippen LogP contribution in [0.1, 0.15) is 30.8 Å². The van der Waals surface area contributed by atoms with Crippen LogP contribution in [0, 0.1) is 0 Å². The lowest BCUT2D eigenvalue weighted by Gasteiger charge is -2.13. The molecule has 0 saturated carbocycles. The van der Waals surface area contributed by atoms with Crippen LogP contribution in [0.4, 0.5) is 0 Å². The Bertz CT molecular complexity index is 429. The van der Waals surface area contributed by atoms with Crippen LogP contribution in [0.2, 0.25) is 0 Å². The molecule has 0 aliphatic rings. The Balaban J connectivity index is 2.25. The fourth-order valence-electron chi connectivity index (χ4n) is 1.43. The first-order valence-electron chi connectivity index (χ1n) is 5.06. The van der Waals surface area contributed by atoms with Crippen LogP contribution in [-0.2, 0) is 0 Å². The van der Waals surface area contributed by atoms with Crippen LogP contribution in [0.5, 0.6) is 0 Å². The van der Waals surface area contributed by atoms with Gasteiger partial charge in [0.25, 0.3) is 0 Å². The second-order valence-electron chi connectivity index (χ2n) is 3.35. The number of hydrogen-bond acceptors (Lipinski definition) is 5. The Morgan fingerprint density at radius 3 is 3.06 bits per heavy atom. The van der Waals surface area contributed by atoms with Gasteiger partial charge in [-0.2, -0.15) is 8.75 Å². The molecule has 2 rings (SSSR count). The van der Waals surface area contributed by atoms with Crippen molar-refractivity contribution in [3.63, 3.8) is 0 Å². The topological polar surface area (TPSA) is 51.0 Å². The highest BCUT2D eigenvalue weighted by Crippen LogP contribution is 2.28. The van der Waals surface area contributed by atoms with Gasteiger partial charge in [-0.1, -0.05) is 6.92 Å². The van der Waals surface area contributed by atoms with Gasteiger partial charge < -0.3 is 9.73 Å². The maximum Gasteiger partial charge on any atom is 0.141 e. The monoisotopic (exact) mass is 301 g/mol. The molecule has 1 atom stereocenters. The van der Waals surface area contributed by atoms with Crippen molar-refractivity contribution in [2.75, 3.05) is 6.54 Å². The Labute approximate surface area is 107 Å². The third-order valence-electron chi connectivity index (χ3n) is 2.18. The number of rotatable bonds is 5. The van der Waals surface area contributed by atoms with Crippen molar-refractivity contribution in [3.05, 3.63) is 34.5 Å². The first kappa shape index (κ1) is 11.8. The number of furan rings is 1. The van der Waals surface area contributed by atoms with E-state index in [0.29, 0.717) is 0 Å². The molecule has 0 spiro atoms. The van der Waals surface area contributed by atoms with Crippen LogP contribution < -0.4 is 5.32 Å². The second-order valence-corrected chi connectivity index (χ2v) is 4.76. The van der Waals surface area contributed by atoms with Crippen LogP contribution in [-0.4, -0.2) is 15.3 Å². The molecule has 6 heteroatoms. The summed E-state index contributed by atoms with van der Waals surface area (Å²) in [5.74, 6) is 0.848. The Morgan fingerprint density at radius 1 is 1.62 bits per heavy atom. The molecule has 4 nitrogen and oxygen atoms in total. The molecule has 0 saturated heterocycles. The molecule has 1 N–H and O–H groups in total. The maximum absolute atomic E-state index is 5.47. The van der Waals surface area contributed by atoms with E-state index in [1.54, 1.807) is 12.5 Å². The highest BCUT2D eigenvalue weighted by molar-refractivity contribution is 9.10. The van der Waals surface area contributed by atoms with Crippen molar-refractivity contribution in [1.82, 2.24) is 14.1 Å². The largest absolute Gasteiger partial charge is 0.466 e. The van der Waals surface area contributed by atoms with Crippen molar-refractivity contribution in [1.29, 1.82) is 0 Å². The number of halogens is 1. The number of hydrogen-bond donors (Lipinski definition) is 1. The van der Waals surface area contributed by atoms with Crippen molar-refractivity contribution >= 4 is 27.7 Å². The molecule has 2 aromatic heterocycles. The normalized spacial score (nSPS) is 12.9. The van der Waals surface area contributed by atoms with E-state index < -0.39 is 0 Å². The molecule has 0 bridgehead atoms. The predicted octanol–water partition coefficient (Wildman–Crippen LogP) is 2.98. The Hall–Kier alpha value is -0.720. The second kappa shape index (κ2) is 5.56. The fraction of sp³-hybridized carbons (Fsp3) is 0.400. The van der Waals surface area contributed by atoms with E-state index in [-0.39, 0.29) is 6.04 Å². The maximum atomic E-state index is 5.47. The molecule has 0 aliphatic heterocycles. The molecule has 16 heavy (non-hydrogen) atoms. The minimum absolute atomic E-state index is 0.0249. The Morgan fingerprint density at radius 2 is 2.50 bits per heavy atom. The fourth-order valence-corrected chi connectivity index (χ4v) is 2.31. The minimum Gasteiger partial charge on any atom is -0.466 e. The SMILES string of the molecule is CCCNC(c1cnsn1)c1occc1Br. The lowest BCUT2D eigenvalue weighted by Crippen LogP contribution is -2.23. The summed E-state index contributed by atoms with van der Waals surface area (Å²) in [4.78, 5) is 0. The lowest BCUT2D eigenvalue weighted by molar-refractivity contribution is 0.441. The van der Waals surface area contributed by atoms with E-state index in [1.807, 2.05) is 6.07 Å². The predicted molar refractivity (Wildman–Crippen MR) is 66.5 cm³/mol. The Kier molecular flexibility index (Phi) is 4.09. The first-order chi connectivity index (χ1) is 7.83. The van der Waals surface area contributed by atoms with E-state index in [0.717, 1.165) is 28.9 Å². The summed E-state index contributed by atoms with van der Waals surface area (Å²) < 4.78 is 14.7.